The van der Waals surface area contributed by atoms with Gasteiger partial charge in [0, 0.05) is 50.8 Å². The number of nitrogens with zero attached hydrogens (tertiary/aromatic N) is 2. The van der Waals surface area contributed by atoms with Gasteiger partial charge in [0.2, 0.25) is 5.91 Å². The van der Waals surface area contributed by atoms with Gasteiger partial charge < -0.3 is 15.0 Å². The van der Waals surface area contributed by atoms with E-state index in [-0.39, 0.29) is 17.6 Å². The number of rotatable bonds is 5. The first kappa shape index (κ1) is 18.8. The van der Waals surface area contributed by atoms with Gasteiger partial charge in [0.15, 0.2) is 0 Å². The van der Waals surface area contributed by atoms with Gasteiger partial charge in [0.25, 0.3) is 5.91 Å². The molecule has 142 valence electrons. The van der Waals surface area contributed by atoms with Crippen LogP contribution in [0.15, 0.2) is 18.2 Å². The highest BCUT2D eigenvalue weighted by Crippen LogP contribution is 2.13. The Bertz CT molecular complexity index is 653. The SMILES string of the molecule is Cc1ccc(C(=O)N2CCN(CC(=O)NCC3CCOC3)CC2)cc1F. The van der Waals surface area contributed by atoms with Crippen LogP contribution in [-0.2, 0) is 9.53 Å². The van der Waals surface area contributed by atoms with Crippen LogP contribution in [0.25, 0.3) is 0 Å². The van der Waals surface area contributed by atoms with Crippen molar-refractivity contribution < 1.29 is 18.7 Å². The fourth-order valence-electron chi connectivity index (χ4n) is 3.28. The summed E-state index contributed by atoms with van der Waals surface area (Å²) in [6.45, 7) is 6.54. The van der Waals surface area contributed by atoms with E-state index in [9.17, 15) is 14.0 Å². The fourth-order valence-corrected chi connectivity index (χ4v) is 3.28. The topological polar surface area (TPSA) is 61.9 Å². The predicted octanol–water partition coefficient (Wildman–Crippen LogP) is 1.04. The molecule has 7 heteroatoms. The first-order chi connectivity index (χ1) is 12.5. The first-order valence-corrected chi connectivity index (χ1v) is 9.15. The number of piperazine rings is 1. The van der Waals surface area contributed by atoms with Crippen LogP contribution < -0.4 is 5.32 Å². The van der Waals surface area contributed by atoms with E-state index >= 15 is 0 Å². The summed E-state index contributed by atoms with van der Waals surface area (Å²) < 4.78 is 19.0. The third-order valence-corrected chi connectivity index (χ3v) is 5.06. The van der Waals surface area contributed by atoms with Crippen LogP contribution in [0.3, 0.4) is 0 Å². The van der Waals surface area contributed by atoms with Gasteiger partial charge in [-0.3, -0.25) is 14.5 Å². The molecule has 2 aliphatic rings. The number of hydrogen-bond acceptors (Lipinski definition) is 4. The highest BCUT2D eigenvalue weighted by atomic mass is 19.1. The molecule has 3 rings (SSSR count). The third-order valence-electron chi connectivity index (χ3n) is 5.06. The second-order valence-electron chi connectivity index (χ2n) is 7.07. The summed E-state index contributed by atoms with van der Waals surface area (Å²) in [4.78, 5) is 28.3. The number of ether oxygens (including phenoxy) is 1. The third kappa shape index (κ3) is 4.80. The van der Waals surface area contributed by atoms with E-state index in [1.165, 1.54) is 6.07 Å². The van der Waals surface area contributed by atoms with Crippen LogP contribution in [0.4, 0.5) is 4.39 Å². The van der Waals surface area contributed by atoms with Crippen molar-refractivity contribution in [1.29, 1.82) is 0 Å². The molecule has 0 saturated carbocycles. The number of halogens is 1. The van der Waals surface area contributed by atoms with Gasteiger partial charge in [-0.15, -0.1) is 0 Å². The quantitative estimate of drug-likeness (QED) is 0.849. The molecule has 1 aromatic rings. The average molecular weight is 363 g/mol. The summed E-state index contributed by atoms with van der Waals surface area (Å²) in [6.07, 6.45) is 1.00. The zero-order valence-electron chi connectivity index (χ0n) is 15.2. The molecule has 2 fully saturated rings. The summed E-state index contributed by atoms with van der Waals surface area (Å²) in [5, 5.41) is 2.96. The van der Waals surface area contributed by atoms with Gasteiger partial charge in [-0.1, -0.05) is 6.07 Å². The minimum absolute atomic E-state index is 0.0114. The maximum Gasteiger partial charge on any atom is 0.254 e. The Balaban J connectivity index is 1.42. The summed E-state index contributed by atoms with van der Waals surface area (Å²) in [5.74, 6) is -0.0892. The van der Waals surface area contributed by atoms with E-state index in [1.54, 1.807) is 24.0 Å². The Morgan fingerprint density at radius 3 is 2.69 bits per heavy atom. The van der Waals surface area contributed by atoms with Gasteiger partial charge in [-0.25, -0.2) is 4.39 Å². The average Bonchev–Trinajstić information content (AvgIpc) is 3.16. The van der Waals surface area contributed by atoms with Crippen LogP contribution in [0.1, 0.15) is 22.3 Å². The Morgan fingerprint density at radius 2 is 2.04 bits per heavy atom. The lowest BCUT2D eigenvalue weighted by atomic mass is 10.1. The van der Waals surface area contributed by atoms with Crippen molar-refractivity contribution in [3.05, 3.63) is 35.1 Å². The Hall–Kier alpha value is -1.99. The molecule has 2 heterocycles. The highest BCUT2D eigenvalue weighted by molar-refractivity contribution is 5.94. The number of aryl methyl sites for hydroxylation is 1. The summed E-state index contributed by atoms with van der Waals surface area (Å²) in [5.41, 5.74) is 0.902. The second kappa shape index (κ2) is 8.60. The molecule has 2 amide bonds. The minimum Gasteiger partial charge on any atom is -0.381 e. The highest BCUT2D eigenvalue weighted by Gasteiger charge is 2.24. The number of nitrogens with one attached hydrogen (secondary N) is 1. The Labute approximate surface area is 153 Å². The molecule has 26 heavy (non-hydrogen) atoms. The van der Waals surface area contributed by atoms with Crippen molar-refractivity contribution in [2.75, 3.05) is 52.5 Å². The predicted molar refractivity (Wildman–Crippen MR) is 95.4 cm³/mol. The molecule has 1 unspecified atom stereocenters. The molecule has 1 atom stereocenters. The molecule has 6 nitrogen and oxygen atoms in total. The van der Waals surface area contributed by atoms with Crippen molar-refractivity contribution in [3.63, 3.8) is 0 Å². The van der Waals surface area contributed by atoms with Crippen molar-refractivity contribution >= 4 is 11.8 Å². The van der Waals surface area contributed by atoms with Crippen molar-refractivity contribution in [1.82, 2.24) is 15.1 Å². The molecule has 2 aliphatic heterocycles. The van der Waals surface area contributed by atoms with Crippen LogP contribution in [0, 0.1) is 18.7 Å². The van der Waals surface area contributed by atoms with Crippen LogP contribution >= 0.6 is 0 Å². The lowest BCUT2D eigenvalue weighted by Crippen LogP contribution is -2.51. The fraction of sp³-hybridized carbons (Fsp3) is 0.579. The Kier molecular flexibility index (Phi) is 6.21. The smallest absolute Gasteiger partial charge is 0.254 e. The Morgan fingerprint density at radius 1 is 1.27 bits per heavy atom. The lowest BCUT2D eigenvalue weighted by Gasteiger charge is -2.34. The number of carbonyl (C=O) groups is 2. The first-order valence-electron chi connectivity index (χ1n) is 9.15. The van der Waals surface area contributed by atoms with E-state index in [4.69, 9.17) is 4.74 Å². The molecule has 0 spiro atoms. The maximum absolute atomic E-state index is 13.7. The molecular weight excluding hydrogens is 337 g/mol. The molecule has 1 N–H and O–H groups in total. The van der Waals surface area contributed by atoms with Crippen molar-refractivity contribution in [3.8, 4) is 0 Å². The van der Waals surface area contributed by atoms with Gasteiger partial charge in [0.05, 0.1) is 13.2 Å². The lowest BCUT2D eigenvalue weighted by molar-refractivity contribution is -0.122. The van der Waals surface area contributed by atoms with Gasteiger partial charge in [-0.05, 0) is 31.0 Å². The largest absolute Gasteiger partial charge is 0.381 e. The van der Waals surface area contributed by atoms with E-state index < -0.39 is 0 Å². The minimum atomic E-state index is -0.362. The van der Waals surface area contributed by atoms with Gasteiger partial charge in [0.1, 0.15) is 5.82 Å². The summed E-state index contributed by atoms with van der Waals surface area (Å²) in [7, 11) is 0. The van der Waals surface area contributed by atoms with E-state index in [0.717, 1.165) is 19.6 Å². The molecule has 0 radical (unpaired) electrons. The van der Waals surface area contributed by atoms with E-state index in [0.29, 0.717) is 56.3 Å². The molecule has 2 saturated heterocycles. The number of hydrogen-bond donors (Lipinski definition) is 1. The van der Waals surface area contributed by atoms with Crippen LogP contribution in [0.5, 0.6) is 0 Å². The monoisotopic (exact) mass is 363 g/mol. The maximum atomic E-state index is 13.7. The molecule has 0 bridgehead atoms. The molecule has 0 aliphatic carbocycles. The zero-order chi connectivity index (χ0) is 18.5. The number of carbonyl (C=O) groups excluding carboxylic acids is 2. The van der Waals surface area contributed by atoms with Gasteiger partial charge >= 0.3 is 0 Å². The van der Waals surface area contributed by atoms with E-state index in [1.807, 2.05) is 4.90 Å². The zero-order valence-corrected chi connectivity index (χ0v) is 15.2. The molecule has 0 aromatic heterocycles. The second-order valence-corrected chi connectivity index (χ2v) is 7.07. The van der Waals surface area contributed by atoms with Gasteiger partial charge in [-0.2, -0.15) is 0 Å². The van der Waals surface area contributed by atoms with Crippen LogP contribution in [-0.4, -0.2) is 74.1 Å². The standard InChI is InChI=1S/C19H26FN3O3/c1-14-2-3-16(10-17(14)20)19(25)23-7-5-22(6-8-23)12-18(24)21-11-15-4-9-26-13-15/h2-3,10,15H,4-9,11-13H2,1H3,(H,21,24). The molecule has 1 aromatic carbocycles. The van der Waals surface area contributed by atoms with Crippen molar-refractivity contribution in [2.24, 2.45) is 5.92 Å². The number of amides is 2. The van der Waals surface area contributed by atoms with E-state index in [2.05, 4.69) is 5.32 Å². The normalized spacial score (nSPS) is 21.0. The molecular formula is C19H26FN3O3. The number of benzene rings is 1. The summed E-state index contributed by atoms with van der Waals surface area (Å²) in [6, 6.07) is 4.58. The van der Waals surface area contributed by atoms with Crippen molar-refractivity contribution in [2.45, 2.75) is 13.3 Å². The summed E-state index contributed by atoms with van der Waals surface area (Å²) >= 11 is 0. The van der Waals surface area contributed by atoms with Crippen LogP contribution in [0.2, 0.25) is 0 Å².